The summed E-state index contributed by atoms with van der Waals surface area (Å²) in [5.41, 5.74) is 0.541. The Hall–Kier alpha value is -1.22. The van der Waals surface area contributed by atoms with E-state index in [1.54, 1.807) is 18.0 Å². The first-order valence-electron chi connectivity index (χ1n) is 6.36. The first-order chi connectivity index (χ1) is 9.63. The van der Waals surface area contributed by atoms with Gasteiger partial charge in [-0.05, 0) is 6.26 Å². The summed E-state index contributed by atoms with van der Waals surface area (Å²) in [5.74, 6) is 0.401. The van der Waals surface area contributed by atoms with Gasteiger partial charge in [0, 0.05) is 24.1 Å². The van der Waals surface area contributed by atoms with Crippen LogP contribution in [0, 0.1) is 0 Å². The molecular weight excluding hydrogens is 280 g/mol. The van der Waals surface area contributed by atoms with Gasteiger partial charge in [0.1, 0.15) is 5.69 Å². The third kappa shape index (κ3) is 2.08. The minimum Gasteiger partial charge on any atom is -0.389 e. The first kappa shape index (κ1) is 13.7. The van der Waals surface area contributed by atoms with Gasteiger partial charge < -0.3 is 20.5 Å². The zero-order valence-corrected chi connectivity index (χ0v) is 11.7. The zero-order valence-electron chi connectivity index (χ0n) is 10.9. The number of thioether (sulfide) groups is 1. The maximum Gasteiger partial charge on any atom is 0.276 e. The summed E-state index contributed by atoms with van der Waals surface area (Å²) in [5, 5.41) is 23.5. The number of aliphatic hydroxyl groups is 2. The summed E-state index contributed by atoms with van der Waals surface area (Å²) < 4.78 is 0. The van der Waals surface area contributed by atoms with Crippen LogP contribution in [-0.4, -0.2) is 62.7 Å². The number of nitrogens with zero attached hydrogens (tertiary/aromatic N) is 2. The summed E-state index contributed by atoms with van der Waals surface area (Å²) in [6.45, 7) is 0. The number of aromatic nitrogens is 2. The van der Waals surface area contributed by atoms with Crippen molar-refractivity contribution in [2.24, 2.45) is 4.99 Å². The topological polar surface area (TPSA) is 111 Å². The van der Waals surface area contributed by atoms with E-state index in [0.29, 0.717) is 11.4 Å². The van der Waals surface area contributed by atoms with Gasteiger partial charge in [0.15, 0.2) is 0 Å². The Morgan fingerprint density at radius 1 is 1.40 bits per heavy atom. The van der Waals surface area contributed by atoms with E-state index in [1.165, 1.54) is 6.33 Å². The van der Waals surface area contributed by atoms with Gasteiger partial charge in [-0.2, -0.15) is 11.8 Å². The molecule has 2 aliphatic heterocycles. The van der Waals surface area contributed by atoms with Crippen LogP contribution in [0.5, 0.6) is 0 Å². The van der Waals surface area contributed by atoms with Crippen molar-refractivity contribution < 1.29 is 10.2 Å². The Labute approximate surface area is 119 Å². The van der Waals surface area contributed by atoms with Crippen LogP contribution in [0.25, 0.3) is 0 Å². The molecule has 0 bridgehead atoms. The zero-order chi connectivity index (χ0) is 14.3. The van der Waals surface area contributed by atoms with E-state index in [4.69, 9.17) is 0 Å². The summed E-state index contributed by atoms with van der Waals surface area (Å²) in [6.07, 6.45) is 3.16. The van der Waals surface area contributed by atoms with Gasteiger partial charge in [0.2, 0.25) is 0 Å². The van der Waals surface area contributed by atoms with Crippen molar-refractivity contribution >= 4 is 23.7 Å². The monoisotopic (exact) mass is 296 g/mol. The summed E-state index contributed by atoms with van der Waals surface area (Å²) in [6, 6.07) is -0.564. The van der Waals surface area contributed by atoms with Crippen molar-refractivity contribution in [1.29, 1.82) is 0 Å². The van der Waals surface area contributed by atoms with E-state index in [9.17, 15) is 15.0 Å². The Kier molecular flexibility index (Phi) is 3.63. The van der Waals surface area contributed by atoms with E-state index >= 15 is 0 Å². The molecule has 0 aliphatic carbocycles. The van der Waals surface area contributed by atoms with Crippen LogP contribution in [0.15, 0.2) is 16.1 Å². The van der Waals surface area contributed by atoms with Crippen molar-refractivity contribution in [1.82, 2.24) is 15.3 Å². The first-order valence-corrected chi connectivity index (χ1v) is 7.75. The van der Waals surface area contributed by atoms with Crippen LogP contribution in [0.2, 0.25) is 0 Å². The summed E-state index contributed by atoms with van der Waals surface area (Å²) in [7, 11) is 0. The maximum atomic E-state index is 11.6. The second-order valence-electron chi connectivity index (χ2n) is 5.00. The van der Waals surface area contributed by atoms with Crippen LogP contribution < -0.4 is 10.9 Å². The fourth-order valence-corrected chi connectivity index (χ4v) is 3.45. The lowest BCUT2D eigenvalue weighted by Gasteiger charge is -2.20. The number of H-pyrrole nitrogens is 1. The van der Waals surface area contributed by atoms with Gasteiger partial charge in [0.05, 0.1) is 30.1 Å². The van der Waals surface area contributed by atoms with E-state index in [2.05, 4.69) is 20.3 Å². The Balaban J connectivity index is 1.88. The molecule has 0 spiro atoms. The Morgan fingerprint density at radius 3 is 2.95 bits per heavy atom. The lowest BCUT2D eigenvalue weighted by Crippen LogP contribution is -2.39. The van der Waals surface area contributed by atoms with Gasteiger partial charge in [-0.1, -0.05) is 0 Å². The molecule has 1 unspecified atom stereocenters. The molecule has 0 amide bonds. The molecule has 3 rings (SSSR count). The Bertz CT molecular complexity index is 590. The smallest absolute Gasteiger partial charge is 0.276 e. The predicted molar refractivity (Wildman–Crippen MR) is 76.9 cm³/mol. The lowest BCUT2D eigenvalue weighted by molar-refractivity contribution is 0.0299. The van der Waals surface area contributed by atoms with Gasteiger partial charge in [-0.15, -0.1) is 0 Å². The molecule has 0 aromatic carbocycles. The van der Waals surface area contributed by atoms with Gasteiger partial charge in [-0.3, -0.25) is 9.79 Å². The molecule has 7 nitrogen and oxygen atoms in total. The summed E-state index contributed by atoms with van der Waals surface area (Å²) in [4.78, 5) is 22.4. The Morgan fingerprint density at radius 2 is 2.20 bits per heavy atom. The highest BCUT2D eigenvalue weighted by Gasteiger charge is 2.46. The number of aliphatic imine (C=N–C) groups is 1. The average Bonchev–Trinajstić information content (AvgIpc) is 2.97. The standard InChI is InChI=1S/C12H16N4O3S/c1-20-3-6-10(17)11(18)8(16-6)5-2-13-9-7(5)14-4-15-12(9)19/h2,4-6,8,10-11,16-18H,3H2,1H3,(H,14,15,19)/t5?,6-,8+,10-,11+/m0/s1. The van der Waals surface area contributed by atoms with Crippen molar-refractivity contribution in [2.45, 2.75) is 30.2 Å². The molecule has 1 fully saturated rings. The van der Waals surface area contributed by atoms with Gasteiger partial charge in [-0.25, -0.2) is 4.98 Å². The molecule has 1 aromatic rings. The minimum atomic E-state index is -0.907. The summed E-state index contributed by atoms with van der Waals surface area (Å²) >= 11 is 1.60. The average molecular weight is 296 g/mol. The number of aromatic amines is 1. The number of hydrogen-bond donors (Lipinski definition) is 4. The molecule has 108 valence electrons. The fraction of sp³-hybridized carbons (Fsp3) is 0.583. The minimum absolute atomic E-state index is 0.176. The largest absolute Gasteiger partial charge is 0.389 e. The molecule has 5 atom stereocenters. The second kappa shape index (κ2) is 5.28. The number of hydrogen-bond acceptors (Lipinski definition) is 7. The third-order valence-electron chi connectivity index (χ3n) is 3.81. The fourth-order valence-electron chi connectivity index (χ4n) is 2.80. The quantitative estimate of drug-likeness (QED) is 0.569. The van der Waals surface area contributed by atoms with Gasteiger partial charge >= 0.3 is 0 Å². The highest BCUT2D eigenvalue weighted by molar-refractivity contribution is 7.98. The molecule has 1 aromatic heterocycles. The molecule has 0 saturated carbocycles. The molecular formula is C12H16N4O3S. The molecule has 2 aliphatic rings. The number of fused-ring (bicyclic) bond motifs is 1. The molecule has 8 heteroatoms. The highest BCUT2D eigenvalue weighted by atomic mass is 32.2. The molecule has 3 heterocycles. The molecule has 1 saturated heterocycles. The maximum absolute atomic E-state index is 11.6. The van der Waals surface area contributed by atoms with Gasteiger partial charge in [0.25, 0.3) is 5.56 Å². The van der Waals surface area contributed by atoms with E-state index in [-0.39, 0.29) is 29.2 Å². The van der Waals surface area contributed by atoms with Crippen molar-refractivity contribution in [3.63, 3.8) is 0 Å². The van der Waals surface area contributed by atoms with Crippen molar-refractivity contribution in [2.75, 3.05) is 12.0 Å². The number of rotatable bonds is 3. The number of nitrogens with one attached hydrogen (secondary N) is 2. The lowest BCUT2D eigenvalue weighted by atomic mass is 9.94. The normalized spacial score (nSPS) is 35.5. The van der Waals surface area contributed by atoms with Crippen LogP contribution in [0.1, 0.15) is 11.6 Å². The molecule has 0 radical (unpaired) electrons. The molecule has 20 heavy (non-hydrogen) atoms. The van der Waals surface area contributed by atoms with E-state index in [1.807, 2.05) is 6.26 Å². The van der Waals surface area contributed by atoms with Crippen molar-refractivity contribution in [3.05, 3.63) is 22.4 Å². The predicted octanol–water partition coefficient (Wildman–Crippen LogP) is -1.01. The highest BCUT2D eigenvalue weighted by Crippen LogP contribution is 2.33. The van der Waals surface area contributed by atoms with E-state index < -0.39 is 12.2 Å². The van der Waals surface area contributed by atoms with Crippen LogP contribution in [0.4, 0.5) is 5.69 Å². The van der Waals surface area contributed by atoms with E-state index in [0.717, 1.165) is 0 Å². The molecule has 4 N–H and O–H groups in total. The van der Waals surface area contributed by atoms with Crippen molar-refractivity contribution in [3.8, 4) is 0 Å². The van der Waals surface area contributed by atoms with Crippen LogP contribution in [0.3, 0.4) is 0 Å². The van der Waals surface area contributed by atoms with Crippen LogP contribution >= 0.6 is 11.8 Å². The third-order valence-corrected chi connectivity index (χ3v) is 4.50. The second-order valence-corrected chi connectivity index (χ2v) is 5.92. The number of aliphatic hydroxyl groups excluding tert-OH is 2. The van der Waals surface area contributed by atoms with Crippen LogP contribution in [-0.2, 0) is 0 Å². The SMILES string of the molecule is CSC[C@@H]1N[C@H](C2C=Nc3c2nc[nH]c3=O)[C@@H](O)[C@H]1O.